The number of aryl methyl sites for hydroxylation is 1. The predicted molar refractivity (Wildman–Crippen MR) is 112 cm³/mol. The molecule has 29 heavy (non-hydrogen) atoms. The first kappa shape index (κ1) is 19.7. The van der Waals surface area contributed by atoms with E-state index in [1.54, 1.807) is 18.7 Å². The molecule has 1 aliphatic rings. The van der Waals surface area contributed by atoms with Crippen molar-refractivity contribution < 1.29 is 28.9 Å². The van der Waals surface area contributed by atoms with Gasteiger partial charge < -0.3 is 24.1 Å². The minimum absolute atomic E-state index is 0.247. The van der Waals surface area contributed by atoms with Crippen molar-refractivity contribution in [2.75, 3.05) is 39.3 Å². The highest BCUT2D eigenvalue weighted by atomic mass is 16.5. The molecule has 1 aromatic heterocycles. The van der Waals surface area contributed by atoms with Crippen molar-refractivity contribution in [2.24, 2.45) is 0 Å². The summed E-state index contributed by atoms with van der Waals surface area (Å²) in [5.74, 6) is 0.387. The number of piperazine rings is 1. The molecule has 0 atom stereocenters. The second kappa shape index (κ2) is 8.05. The van der Waals surface area contributed by atoms with Crippen molar-refractivity contribution >= 4 is 27.7 Å². The standard InChI is InChI=1S/C23H28N2O4/c1-4-24-10-12-25(13-11-24)14-18-20-19(23(27)28-5-2)15(3)29-22(20)17-9-7-6-8-16(17)21(18)26/h6-9,26H,4-5,10-14H2,1-3H3/p+2. The summed E-state index contributed by atoms with van der Waals surface area (Å²) in [6.07, 6.45) is 0. The number of carbonyl (C=O) groups is 1. The van der Waals surface area contributed by atoms with Gasteiger partial charge in [0.25, 0.3) is 0 Å². The normalized spacial score (nSPS) is 19.7. The van der Waals surface area contributed by atoms with Gasteiger partial charge in [-0.3, -0.25) is 0 Å². The van der Waals surface area contributed by atoms with E-state index in [9.17, 15) is 9.90 Å². The fraction of sp³-hybridized carbons (Fsp3) is 0.435. The number of quaternary nitrogens is 2. The number of furan rings is 1. The van der Waals surface area contributed by atoms with Crippen LogP contribution in [0.4, 0.5) is 0 Å². The van der Waals surface area contributed by atoms with Crippen molar-refractivity contribution in [2.45, 2.75) is 27.3 Å². The van der Waals surface area contributed by atoms with Gasteiger partial charge in [0, 0.05) is 16.2 Å². The molecule has 0 radical (unpaired) electrons. The molecule has 0 saturated carbocycles. The molecule has 3 N–H and O–H groups in total. The molecule has 0 aliphatic carbocycles. The Morgan fingerprint density at radius 2 is 1.76 bits per heavy atom. The number of ether oxygens (including phenoxy) is 1. The molecule has 1 saturated heterocycles. The zero-order chi connectivity index (χ0) is 20.5. The molecule has 2 aromatic carbocycles. The lowest BCUT2D eigenvalue weighted by atomic mass is 9.97. The lowest BCUT2D eigenvalue weighted by Crippen LogP contribution is -3.27. The van der Waals surface area contributed by atoms with E-state index in [4.69, 9.17) is 9.15 Å². The lowest BCUT2D eigenvalue weighted by molar-refractivity contribution is -1.02. The average molecular weight is 399 g/mol. The van der Waals surface area contributed by atoms with E-state index in [-0.39, 0.29) is 5.75 Å². The molecule has 0 amide bonds. The Hall–Kier alpha value is -2.57. The third-order valence-electron chi connectivity index (χ3n) is 6.17. The van der Waals surface area contributed by atoms with Crippen LogP contribution in [0.15, 0.2) is 28.7 Å². The Morgan fingerprint density at radius 3 is 2.41 bits per heavy atom. The highest BCUT2D eigenvalue weighted by molar-refractivity contribution is 6.16. The van der Waals surface area contributed by atoms with Crippen LogP contribution in [0.25, 0.3) is 21.7 Å². The molecule has 0 spiro atoms. The van der Waals surface area contributed by atoms with Gasteiger partial charge in [-0.15, -0.1) is 0 Å². The maximum atomic E-state index is 12.7. The number of nitrogens with one attached hydrogen (secondary N) is 2. The van der Waals surface area contributed by atoms with Crippen LogP contribution in [-0.4, -0.2) is 50.4 Å². The number of hydrogen-bond acceptors (Lipinski definition) is 4. The zero-order valence-corrected chi connectivity index (χ0v) is 17.4. The highest BCUT2D eigenvalue weighted by Gasteiger charge is 2.30. The van der Waals surface area contributed by atoms with Crippen LogP contribution in [0.5, 0.6) is 5.75 Å². The molecule has 2 heterocycles. The van der Waals surface area contributed by atoms with Gasteiger partial charge in [0.05, 0.1) is 18.7 Å². The Labute approximate surface area is 170 Å². The fourth-order valence-electron chi connectivity index (χ4n) is 4.55. The van der Waals surface area contributed by atoms with Crippen LogP contribution in [0.3, 0.4) is 0 Å². The summed E-state index contributed by atoms with van der Waals surface area (Å²) in [4.78, 5) is 15.8. The van der Waals surface area contributed by atoms with E-state index >= 15 is 0 Å². The minimum atomic E-state index is -0.394. The van der Waals surface area contributed by atoms with Crippen LogP contribution in [0, 0.1) is 6.92 Å². The van der Waals surface area contributed by atoms with Crippen molar-refractivity contribution in [1.82, 2.24) is 0 Å². The number of esters is 1. The van der Waals surface area contributed by atoms with Gasteiger partial charge >= 0.3 is 5.97 Å². The monoisotopic (exact) mass is 398 g/mol. The lowest BCUT2D eigenvalue weighted by Gasteiger charge is -2.29. The summed E-state index contributed by atoms with van der Waals surface area (Å²) in [6, 6.07) is 7.66. The molecule has 4 rings (SSSR count). The number of fused-ring (bicyclic) bond motifs is 3. The summed E-state index contributed by atoms with van der Waals surface area (Å²) >= 11 is 0. The van der Waals surface area contributed by atoms with Crippen molar-refractivity contribution in [3.8, 4) is 5.75 Å². The van der Waals surface area contributed by atoms with Crippen LogP contribution in [-0.2, 0) is 11.3 Å². The molecule has 0 unspecified atom stereocenters. The highest BCUT2D eigenvalue weighted by Crippen LogP contribution is 2.41. The Morgan fingerprint density at radius 1 is 1.10 bits per heavy atom. The van der Waals surface area contributed by atoms with Gasteiger partial charge in [0.1, 0.15) is 55.4 Å². The predicted octanol–water partition coefficient (Wildman–Crippen LogP) is 1.08. The van der Waals surface area contributed by atoms with E-state index < -0.39 is 5.97 Å². The van der Waals surface area contributed by atoms with Gasteiger partial charge in [-0.2, -0.15) is 0 Å². The van der Waals surface area contributed by atoms with Gasteiger partial charge in [-0.1, -0.05) is 24.3 Å². The van der Waals surface area contributed by atoms with Crippen LogP contribution < -0.4 is 9.80 Å². The number of carbonyl (C=O) groups excluding carboxylic acids is 1. The number of rotatable bonds is 5. The first-order chi connectivity index (χ1) is 14.0. The van der Waals surface area contributed by atoms with E-state index in [2.05, 4.69) is 6.92 Å². The molecular formula is C23H30N2O4+2. The van der Waals surface area contributed by atoms with Crippen molar-refractivity contribution in [3.05, 3.63) is 41.2 Å². The number of likely N-dealkylation sites (N-methyl/N-ethyl adjacent to an activating group) is 1. The first-order valence-electron chi connectivity index (χ1n) is 10.5. The quantitative estimate of drug-likeness (QED) is 0.563. The summed E-state index contributed by atoms with van der Waals surface area (Å²) in [5, 5.41) is 13.5. The largest absolute Gasteiger partial charge is 0.507 e. The van der Waals surface area contributed by atoms with Crippen molar-refractivity contribution in [3.63, 3.8) is 0 Å². The number of aromatic hydroxyl groups is 1. The van der Waals surface area contributed by atoms with E-state index in [1.165, 1.54) is 4.90 Å². The van der Waals surface area contributed by atoms with E-state index in [0.29, 0.717) is 35.4 Å². The molecular weight excluding hydrogens is 368 g/mol. The Bertz CT molecular complexity index is 1050. The third-order valence-corrected chi connectivity index (χ3v) is 6.17. The molecule has 6 nitrogen and oxygen atoms in total. The zero-order valence-electron chi connectivity index (χ0n) is 17.4. The second-order valence-electron chi connectivity index (χ2n) is 7.86. The van der Waals surface area contributed by atoms with Gasteiger partial charge in [-0.25, -0.2) is 4.79 Å². The van der Waals surface area contributed by atoms with Gasteiger partial charge in [0.15, 0.2) is 0 Å². The number of phenolic OH excluding ortho intramolecular Hbond substituents is 1. The maximum absolute atomic E-state index is 12.7. The summed E-state index contributed by atoms with van der Waals surface area (Å²) < 4.78 is 11.4. The molecule has 1 fully saturated rings. The van der Waals surface area contributed by atoms with Gasteiger partial charge in [0.2, 0.25) is 0 Å². The number of hydrogen-bond donors (Lipinski definition) is 3. The SMILES string of the molecule is CCOC(=O)c1c(C)oc2c1c(C[NH+]1CC[NH+](CC)CC1)c(O)c1ccccc12. The van der Waals surface area contributed by atoms with Crippen LogP contribution in [0.2, 0.25) is 0 Å². The van der Waals surface area contributed by atoms with Gasteiger partial charge in [-0.05, 0) is 20.8 Å². The topological polar surface area (TPSA) is 68.5 Å². The molecule has 0 bridgehead atoms. The van der Waals surface area contributed by atoms with Crippen LogP contribution >= 0.6 is 0 Å². The van der Waals surface area contributed by atoms with Crippen molar-refractivity contribution in [1.29, 1.82) is 0 Å². The first-order valence-corrected chi connectivity index (χ1v) is 10.5. The Kier molecular flexibility index (Phi) is 5.48. The third kappa shape index (κ3) is 3.47. The minimum Gasteiger partial charge on any atom is -0.507 e. The molecule has 3 aromatic rings. The van der Waals surface area contributed by atoms with E-state index in [0.717, 1.165) is 49.1 Å². The number of benzene rings is 2. The molecule has 1 aliphatic heterocycles. The average Bonchev–Trinajstić information content (AvgIpc) is 3.09. The summed E-state index contributed by atoms with van der Waals surface area (Å²) in [5.41, 5.74) is 1.88. The molecule has 6 heteroatoms. The summed E-state index contributed by atoms with van der Waals surface area (Å²) in [6.45, 7) is 12.2. The second-order valence-corrected chi connectivity index (χ2v) is 7.86. The number of phenols is 1. The maximum Gasteiger partial charge on any atom is 0.342 e. The molecule has 154 valence electrons. The smallest absolute Gasteiger partial charge is 0.342 e. The van der Waals surface area contributed by atoms with Crippen LogP contribution in [0.1, 0.15) is 35.5 Å². The fourth-order valence-corrected chi connectivity index (χ4v) is 4.55. The van der Waals surface area contributed by atoms with E-state index in [1.807, 2.05) is 24.3 Å². The Balaban J connectivity index is 1.88. The summed E-state index contributed by atoms with van der Waals surface area (Å²) in [7, 11) is 0.